The van der Waals surface area contributed by atoms with Crippen LogP contribution in [0.1, 0.15) is 15.9 Å². The van der Waals surface area contributed by atoms with Crippen LogP contribution in [-0.4, -0.2) is 30.9 Å². The molecule has 0 atom stereocenters. The van der Waals surface area contributed by atoms with Crippen molar-refractivity contribution in [3.05, 3.63) is 59.0 Å². The van der Waals surface area contributed by atoms with Crippen molar-refractivity contribution in [3.63, 3.8) is 0 Å². The highest BCUT2D eigenvalue weighted by Crippen LogP contribution is 2.37. The Morgan fingerprint density at radius 2 is 1.88 bits per heavy atom. The molecule has 0 spiro atoms. The van der Waals surface area contributed by atoms with E-state index < -0.39 is 5.91 Å². The van der Waals surface area contributed by atoms with Crippen molar-refractivity contribution in [2.45, 2.75) is 10.6 Å². The van der Waals surface area contributed by atoms with Gasteiger partial charge >= 0.3 is 6.03 Å². The highest BCUT2D eigenvalue weighted by molar-refractivity contribution is 7.98. The number of hydrogen-bond donors (Lipinski definition) is 2. The van der Waals surface area contributed by atoms with Gasteiger partial charge < -0.3 is 10.6 Å². The number of urea groups is 1. The highest BCUT2D eigenvalue weighted by Gasteiger charge is 2.19. The van der Waals surface area contributed by atoms with Crippen LogP contribution in [0.15, 0.2) is 52.7 Å². The molecule has 0 unspecified atom stereocenters. The molecule has 1 aromatic heterocycles. The van der Waals surface area contributed by atoms with E-state index in [1.165, 1.54) is 32.6 Å². The number of hydrogen-bond acceptors (Lipinski definition) is 4. The number of primary amides is 1. The van der Waals surface area contributed by atoms with Gasteiger partial charge in [-0.2, -0.15) is 0 Å². The molecular weight excluding hydrogens is 366 g/mol. The Hall–Kier alpha value is -2.51. The summed E-state index contributed by atoms with van der Waals surface area (Å²) < 4.78 is 0. The molecule has 26 heavy (non-hydrogen) atoms. The molecule has 3 amide bonds. The SMILES string of the molecule is CN(C)C(=O)Nc1scc(SCc2cccc3ccccc23)c1C(N)=O. The van der Waals surface area contributed by atoms with Crippen LogP contribution >= 0.6 is 23.1 Å². The van der Waals surface area contributed by atoms with Crippen LogP contribution in [0.2, 0.25) is 0 Å². The number of rotatable bonds is 5. The molecule has 7 heteroatoms. The van der Waals surface area contributed by atoms with E-state index in [1.807, 2.05) is 23.6 Å². The first-order chi connectivity index (χ1) is 12.5. The smallest absolute Gasteiger partial charge is 0.321 e. The second-order valence-electron chi connectivity index (χ2n) is 5.92. The van der Waals surface area contributed by atoms with Gasteiger partial charge in [0.05, 0.1) is 5.56 Å². The van der Waals surface area contributed by atoms with Gasteiger partial charge in [0.15, 0.2) is 0 Å². The third-order valence-electron chi connectivity index (χ3n) is 3.89. The van der Waals surface area contributed by atoms with Crippen LogP contribution in [0.4, 0.5) is 9.80 Å². The normalized spacial score (nSPS) is 10.7. The van der Waals surface area contributed by atoms with Crippen LogP contribution in [0.5, 0.6) is 0 Å². The van der Waals surface area contributed by atoms with Crippen LogP contribution in [-0.2, 0) is 5.75 Å². The molecule has 2 aromatic carbocycles. The molecule has 0 saturated heterocycles. The summed E-state index contributed by atoms with van der Waals surface area (Å²) in [6.45, 7) is 0. The summed E-state index contributed by atoms with van der Waals surface area (Å²) in [6.07, 6.45) is 0. The fourth-order valence-corrected chi connectivity index (χ4v) is 4.76. The monoisotopic (exact) mass is 385 g/mol. The maximum absolute atomic E-state index is 11.9. The number of nitrogens with zero attached hydrogens (tertiary/aromatic N) is 1. The Morgan fingerprint density at radius 1 is 1.15 bits per heavy atom. The Kier molecular flexibility index (Phi) is 5.49. The highest BCUT2D eigenvalue weighted by atomic mass is 32.2. The van der Waals surface area contributed by atoms with E-state index in [2.05, 4.69) is 29.6 Å². The van der Waals surface area contributed by atoms with Crippen molar-refractivity contribution < 1.29 is 9.59 Å². The first-order valence-electron chi connectivity index (χ1n) is 7.96. The van der Waals surface area contributed by atoms with Gasteiger partial charge in [0.1, 0.15) is 5.00 Å². The van der Waals surface area contributed by atoms with Gasteiger partial charge in [-0.15, -0.1) is 23.1 Å². The second-order valence-corrected chi connectivity index (χ2v) is 7.82. The fourth-order valence-electron chi connectivity index (χ4n) is 2.56. The number of thioether (sulfide) groups is 1. The van der Waals surface area contributed by atoms with Crippen molar-refractivity contribution in [2.75, 3.05) is 19.4 Å². The standard InChI is InChI=1S/C19H19N3O2S2/c1-22(2)19(24)21-18-16(17(20)23)15(11-26-18)25-10-13-8-5-7-12-6-3-4-9-14(12)13/h3-9,11H,10H2,1-2H3,(H2,20,23)(H,21,24). The number of thiophene rings is 1. The van der Waals surface area contributed by atoms with E-state index in [-0.39, 0.29) is 6.03 Å². The molecule has 0 aliphatic heterocycles. The minimum atomic E-state index is -0.541. The zero-order valence-electron chi connectivity index (χ0n) is 14.5. The van der Waals surface area contributed by atoms with E-state index in [4.69, 9.17) is 5.73 Å². The zero-order chi connectivity index (χ0) is 18.7. The predicted octanol–water partition coefficient (Wildman–Crippen LogP) is 4.39. The fraction of sp³-hybridized carbons (Fsp3) is 0.158. The summed E-state index contributed by atoms with van der Waals surface area (Å²) >= 11 is 2.85. The molecule has 0 aliphatic carbocycles. The average Bonchev–Trinajstić information content (AvgIpc) is 3.02. The summed E-state index contributed by atoms with van der Waals surface area (Å²) in [4.78, 5) is 26.0. The predicted molar refractivity (Wildman–Crippen MR) is 109 cm³/mol. The summed E-state index contributed by atoms with van der Waals surface area (Å²) in [5, 5.41) is 7.46. The Bertz CT molecular complexity index is 961. The van der Waals surface area contributed by atoms with Gasteiger partial charge in [-0.1, -0.05) is 42.5 Å². The van der Waals surface area contributed by atoms with Crippen molar-refractivity contribution in [3.8, 4) is 0 Å². The molecule has 3 N–H and O–H groups in total. The molecule has 1 heterocycles. The number of benzene rings is 2. The van der Waals surface area contributed by atoms with Crippen molar-refractivity contribution in [1.82, 2.24) is 4.90 Å². The van der Waals surface area contributed by atoms with E-state index in [0.29, 0.717) is 16.3 Å². The van der Waals surface area contributed by atoms with E-state index in [0.717, 1.165) is 4.90 Å². The lowest BCUT2D eigenvalue weighted by molar-refractivity contribution is 0.0999. The van der Waals surface area contributed by atoms with Crippen molar-refractivity contribution in [2.24, 2.45) is 5.73 Å². The van der Waals surface area contributed by atoms with Crippen molar-refractivity contribution in [1.29, 1.82) is 0 Å². The first kappa shape index (κ1) is 18.3. The molecule has 3 rings (SSSR count). The number of anilines is 1. The lowest BCUT2D eigenvalue weighted by atomic mass is 10.1. The number of nitrogens with one attached hydrogen (secondary N) is 1. The summed E-state index contributed by atoms with van der Waals surface area (Å²) in [7, 11) is 3.28. The Morgan fingerprint density at radius 3 is 2.62 bits per heavy atom. The summed E-state index contributed by atoms with van der Waals surface area (Å²) in [5.41, 5.74) is 7.12. The Labute approximate surface area is 160 Å². The van der Waals surface area contributed by atoms with Gasteiger partial charge in [-0.05, 0) is 16.3 Å². The van der Waals surface area contributed by atoms with E-state index in [1.54, 1.807) is 25.9 Å². The summed E-state index contributed by atoms with van der Waals surface area (Å²) in [6, 6.07) is 14.1. The van der Waals surface area contributed by atoms with Gasteiger partial charge in [0, 0.05) is 30.1 Å². The van der Waals surface area contributed by atoms with Gasteiger partial charge in [0.25, 0.3) is 5.91 Å². The topological polar surface area (TPSA) is 75.4 Å². The minimum Gasteiger partial charge on any atom is -0.365 e. The number of amides is 3. The van der Waals surface area contributed by atoms with Gasteiger partial charge in [-0.3, -0.25) is 10.1 Å². The molecule has 0 fully saturated rings. The molecule has 5 nitrogen and oxygen atoms in total. The number of fused-ring (bicyclic) bond motifs is 1. The quantitative estimate of drug-likeness (QED) is 0.640. The number of carbonyl (C=O) groups excluding carboxylic acids is 2. The lowest BCUT2D eigenvalue weighted by Gasteiger charge is -2.12. The first-order valence-corrected chi connectivity index (χ1v) is 9.83. The molecule has 0 aliphatic rings. The molecule has 0 bridgehead atoms. The zero-order valence-corrected chi connectivity index (χ0v) is 16.1. The van der Waals surface area contributed by atoms with Gasteiger partial charge in [0.2, 0.25) is 0 Å². The molecule has 134 valence electrons. The van der Waals surface area contributed by atoms with Crippen LogP contribution in [0.3, 0.4) is 0 Å². The average molecular weight is 386 g/mol. The van der Waals surface area contributed by atoms with Gasteiger partial charge in [-0.25, -0.2) is 4.79 Å². The Balaban J connectivity index is 1.84. The number of carbonyl (C=O) groups is 2. The van der Waals surface area contributed by atoms with Crippen molar-refractivity contribution >= 4 is 50.8 Å². The third-order valence-corrected chi connectivity index (χ3v) is 6.03. The lowest BCUT2D eigenvalue weighted by Crippen LogP contribution is -2.28. The summed E-state index contributed by atoms with van der Waals surface area (Å²) in [5.74, 6) is 0.167. The molecular formula is C19H19N3O2S2. The molecule has 0 saturated carbocycles. The number of nitrogens with two attached hydrogens (primary N) is 1. The second kappa shape index (κ2) is 7.80. The maximum Gasteiger partial charge on any atom is 0.321 e. The van der Waals surface area contributed by atoms with E-state index >= 15 is 0 Å². The molecule has 3 aromatic rings. The maximum atomic E-state index is 11.9. The minimum absolute atomic E-state index is 0.292. The van der Waals surface area contributed by atoms with Crippen LogP contribution < -0.4 is 11.1 Å². The third kappa shape index (κ3) is 3.84. The van der Waals surface area contributed by atoms with E-state index in [9.17, 15) is 9.59 Å². The largest absolute Gasteiger partial charge is 0.365 e. The van der Waals surface area contributed by atoms with Crippen LogP contribution in [0, 0.1) is 0 Å². The molecule has 0 radical (unpaired) electrons. The van der Waals surface area contributed by atoms with Crippen LogP contribution in [0.25, 0.3) is 10.8 Å².